The minimum atomic E-state index is -0.620. The van der Waals surface area contributed by atoms with E-state index in [1.165, 1.54) is 0 Å². The second-order valence-corrected chi connectivity index (χ2v) is 5.02. The molecule has 0 aliphatic carbocycles. The van der Waals surface area contributed by atoms with Gasteiger partial charge in [-0.05, 0) is 24.1 Å². The maximum absolute atomic E-state index is 12.4. The first kappa shape index (κ1) is 14.2. The maximum atomic E-state index is 12.4. The summed E-state index contributed by atoms with van der Waals surface area (Å²) in [4.78, 5) is 12.6. The summed E-state index contributed by atoms with van der Waals surface area (Å²) in [6.45, 7) is 1.94. The van der Waals surface area contributed by atoms with E-state index in [4.69, 9.17) is 18.0 Å². The summed E-state index contributed by atoms with van der Waals surface area (Å²) in [7, 11) is 0. The second-order valence-electron chi connectivity index (χ2n) is 4.55. The van der Waals surface area contributed by atoms with Crippen LogP contribution < -0.4 is 11.1 Å². The van der Waals surface area contributed by atoms with Crippen LogP contribution in [-0.4, -0.2) is 10.9 Å². The molecule has 2 rings (SSSR count). The van der Waals surface area contributed by atoms with Crippen molar-refractivity contribution < 1.29 is 4.79 Å². The lowest BCUT2D eigenvalue weighted by molar-refractivity contribution is -0.116. The highest BCUT2D eigenvalue weighted by molar-refractivity contribution is 7.80. The molecule has 0 aliphatic heterocycles. The van der Waals surface area contributed by atoms with Crippen LogP contribution in [0.25, 0.3) is 0 Å². The largest absolute Gasteiger partial charge is 0.392 e. The summed E-state index contributed by atoms with van der Waals surface area (Å²) in [5.41, 5.74) is 8.30. The molecule has 4 heteroatoms. The van der Waals surface area contributed by atoms with Gasteiger partial charge in [0.1, 0.15) is 5.92 Å². The first-order valence-corrected chi connectivity index (χ1v) is 6.71. The first-order chi connectivity index (χ1) is 9.59. The van der Waals surface area contributed by atoms with Gasteiger partial charge in [-0.25, -0.2) is 0 Å². The number of hydrogen-bond acceptors (Lipinski definition) is 2. The number of aryl methyl sites for hydroxylation is 1. The van der Waals surface area contributed by atoms with Gasteiger partial charge >= 0.3 is 0 Å². The number of benzene rings is 2. The number of thiocarbonyl (C=S) groups is 1. The van der Waals surface area contributed by atoms with Crippen molar-refractivity contribution in [2.24, 2.45) is 5.73 Å². The van der Waals surface area contributed by atoms with Gasteiger partial charge in [0.05, 0.1) is 4.99 Å². The Bertz CT molecular complexity index is 625. The summed E-state index contributed by atoms with van der Waals surface area (Å²) in [6, 6.07) is 16.9. The predicted molar refractivity (Wildman–Crippen MR) is 85.8 cm³/mol. The van der Waals surface area contributed by atoms with E-state index in [1.54, 1.807) is 0 Å². The molecule has 0 aromatic heterocycles. The van der Waals surface area contributed by atoms with E-state index in [0.29, 0.717) is 0 Å². The fraction of sp³-hybridized carbons (Fsp3) is 0.125. The predicted octanol–water partition coefficient (Wildman–Crippen LogP) is 3.00. The Morgan fingerprint density at radius 1 is 1.10 bits per heavy atom. The van der Waals surface area contributed by atoms with E-state index in [2.05, 4.69) is 5.32 Å². The normalized spacial score (nSPS) is 11.7. The molecule has 0 heterocycles. The van der Waals surface area contributed by atoms with Crippen LogP contribution >= 0.6 is 12.2 Å². The SMILES string of the molecule is Cc1ccccc1NC(=O)C(C(N)=S)c1ccccc1. The number of amides is 1. The third kappa shape index (κ3) is 3.22. The van der Waals surface area contributed by atoms with E-state index in [-0.39, 0.29) is 10.9 Å². The second kappa shape index (κ2) is 6.30. The number of nitrogens with two attached hydrogens (primary N) is 1. The molecule has 1 unspecified atom stereocenters. The molecule has 1 amide bonds. The van der Waals surface area contributed by atoms with Crippen molar-refractivity contribution in [3.8, 4) is 0 Å². The Labute approximate surface area is 123 Å². The van der Waals surface area contributed by atoms with Gasteiger partial charge in [0.25, 0.3) is 0 Å². The van der Waals surface area contributed by atoms with Crippen LogP contribution in [0, 0.1) is 6.92 Å². The molecule has 0 saturated carbocycles. The van der Waals surface area contributed by atoms with Crippen molar-refractivity contribution in [2.75, 3.05) is 5.32 Å². The molecule has 2 aromatic rings. The molecule has 0 radical (unpaired) electrons. The highest BCUT2D eigenvalue weighted by atomic mass is 32.1. The molecular weight excluding hydrogens is 268 g/mol. The van der Waals surface area contributed by atoms with Gasteiger partial charge in [0.15, 0.2) is 0 Å². The smallest absolute Gasteiger partial charge is 0.238 e. The lowest BCUT2D eigenvalue weighted by Gasteiger charge is -2.16. The Kier molecular flexibility index (Phi) is 4.48. The summed E-state index contributed by atoms with van der Waals surface area (Å²) in [5, 5.41) is 2.88. The maximum Gasteiger partial charge on any atom is 0.238 e. The molecule has 102 valence electrons. The van der Waals surface area contributed by atoms with Crippen molar-refractivity contribution in [3.05, 3.63) is 65.7 Å². The van der Waals surface area contributed by atoms with E-state index < -0.39 is 5.92 Å². The molecule has 2 aromatic carbocycles. The highest BCUT2D eigenvalue weighted by Crippen LogP contribution is 2.20. The summed E-state index contributed by atoms with van der Waals surface area (Å²) < 4.78 is 0. The van der Waals surface area contributed by atoms with Crippen LogP contribution in [0.15, 0.2) is 54.6 Å². The van der Waals surface area contributed by atoms with E-state index in [1.807, 2.05) is 61.5 Å². The van der Waals surface area contributed by atoms with Gasteiger partial charge < -0.3 is 11.1 Å². The van der Waals surface area contributed by atoms with Crippen LogP contribution in [0.2, 0.25) is 0 Å². The molecule has 0 fully saturated rings. The molecule has 20 heavy (non-hydrogen) atoms. The van der Waals surface area contributed by atoms with Crippen LogP contribution in [0.5, 0.6) is 0 Å². The molecular formula is C16H16N2OS. The van der Waals surface area contributed by atoms with Crippen LogP contribution in [-0.2, 0) is 4.79 Å². The zero-order valence-corrected chi connectivity index (χ0v) is 12.0. The summed E-state index contributed by atoms with van der Waals surface area (Å²) >= 11 is 5.04. The fourth-order valence-corrected chi connectivity index (χ4v) is 2.25. The zero-order chi connectivity index (χ0) is 14.5. The Hall–Kier alpha value is -2.20. The molecule has 3 N–H and O–H groups in total. The van der Waals surface area contributed by atoms with Gasteiger partial charge in [0.2, 0.25) is 5.91 Å². The Morgan fingerprint density at radius 3 is 2.30 bits per heavy atom. The van der Waals surface area contributed by atoms with E-state index in [9.17, 15) is 4.79 Å². The summed E-state index contributed by atoms with van der Waals surface area (Å²) in [6.07, 6.45) is 0. The number of anilines is 1. The van der Waals surface area contributed by atoms with Gasteiger partial charge in [-0.2, -0.15) is 0 Å². The average molecular weight is 284 g/mol. The number of carbonyl (C=O) groups excluding carboxylic acids is 1. The number of carbonyl (C=O) groups is 1. The molecule has 0 aliphatic rings. The van der Waals surface area contributed by atoms with Crippen molar-refractivity contribution >= 4 is 28.8 Å². The van der Waals surface area contributed by atoms with Gasteiger partial charge in [-0.15, -0.1) is 0 Å². The zero-order valence-electron chi connectivity index (χ0n) is 11.2. The lowest BCUT2D eigenvalue weighted by Crippen LogP contribution is -2.31. The van der Waals surface area contributed by atoms with Crippen molar-refractivity contribution in [1.29, 1.82) is 0 Å². The Balaban J connectivity index is 2.25. The number of hydrogen-bond donors (Lipinski definition) is 2. The number of nitrogens with one attached hydrogen (secondary N) is 1. The van der Waals surface area contributed by atoms with Gasteiger partial charge in [-0.1, -0.05) is 60.7 Å². The molecule has 0 saturated heterocycles. The lowest BCUT2D eigenvalue weighted by atomic mass is 9.98. The molecule has 0 bridgehead atoms. The van der Waals surface area contributed by atoms with Crippen molar-refractivity contribution in [1.82, 2.24) is 0 Å². The third-order valence-electron chi connectivity index (χ3n) is 3.08. The topological polar surface area (TPSA) is 55.1 Å². The monoisotopic (exact) mass is 284 g/mol. The van der Waals surface area contributed by atoms with Crippen molar-refractivity contribution in [2.45, 2.75) is 12.8 Å². The molecule has 3 nitrogen and oxygen atoms in total. The standard InChI is InChI=1S/C16H16N2OS/c1-11-7-5-6-10-13(11)18-16(19)14(15(17)20)12-8-3-2-4-9-12/h2-10,14H,1H3,(H2,17,20)(H,18,19). The molecule has 1 atom stereocenters. The van der Waals surface area contributed by atoms with Gasteiger partial charge in [0, 0.05) is 5.69 Å². The van der Waals surface area contributed by atoms with E-state index >= 15 is 0 Å². The van der Waals surface area contributed by atoms with Crippen LogP contribution in [0.3, 0.4) is 0 Å². The Morgan fingerprint density at radius 2 is 1.70 bits per heavy atom. The van der Waals surface area contributed by atoms with Crippen LogP contribution in [0.1, 0.15) is 17.0 Å². The number of rotatable bonds is 4. The van der Waals surface area contributed by atoms with Gasteiger partial charge in [-0.3, -0.25) is 4.79 Å². The highest BCUT2D eigenvalue weighted by Gasteiger charge is 2.23. The molecule has 0 spiro atoms. The number of para-hydroxylation sites is 1. The van der Waals surface area contributed by atoms with E-state index in [0.717, 1.165) is 16.8 Å². The summed E-state index contributed by atoms with van der Waals surface area (Å²) in [5.74, 6) is -0.830. The quantitative estimate of drug-likeness (QED) is 0.849. The van der Waals surface area contributed by atoms with Crippen LogP contribution in [0.4, 0.5) is 5.69 Å². The van der Waals surface area contributed by atoms with Crippen molar-refractivity contribution in [3.63, 3.8) is 0 Å². The third-order valence-corrected chi connectivity index (χ3v) is 3.32. The first-order valence-electron chi connectivity index (χ1n) is 6.30. The minimum absolute atomic E-state index is 0.169. The fourth-order valence-electron chi connectivity index (χ4n) is 2.01. The minimum Gasteiger partial charge on any atom is -0.392 e. The average Bonchev–Trinajstić information content (AvgIpc) is 2.42.